The first-order valence-electron chi connectivity index (χ1n) is 6.72. The van der Waals surface area contributed by atoms with E-state index in [0.29, 0.717) is 5.56 Å². The molecule has 2 rings (SSSR count). The van der Waals surface area contributed by atoms with Gasteiger partial charge in [-0.1, -0.05) is 28.9 Å². The van der Waals surface area contributed by atoms with E-state index < -0.39 is 0 Å². The predicted molar refractivity (Wildman–Crippen MR) is 78.4 cm³/mol. The summed E-state index contributed by atoms with van der Waals surface area (Å²) < 4.78 is 20.3. The quantitative estimate of drug-likeness (QED) is 0.869. The molecule has 19 heavy (non-hydrogen) atoms. The fourth-order valence-electron chi connectivity index (χ4n) is 2.29. The highest BCUT2D eigenvalue weighted by atomic mass is 79.9. The van der Waals surface area contributed by atoms with Crippen LogP contribution >= 0.6 is 15.9 Å². The Morgan fingerprint density at radius 2 is 2.32 bits per heavy atom. The highest BCUT2D eigenvalue weighted by Crippen LogP contribution is 2.33. The fraction of sp³-hybridized carbons (Fsp3) is 0.467. The minimum Gasteiger partial charge on any atom is -0.501 e. The monoisotopic (exact) mass is 327 g/mol. The lowest BCUT2D eigenvalue weighted by molar-refractivity contribution is 0.219. The molecule has 0 aliphatic carbocycles. The third-order valence-corrected chi connectivity index (χ3v) is 3.91. The van der Waals surface area contributed by atoms with E-state index in [1.807, 2.05) is 6.07 Å². The van der Waals surface area contributed by atoms with Crippen LogP contribution in [-0.2, 0) is 4.74 Å². The normalized spacial score (nSPS) is 16.7. The minimum atomic E-state index is -0.186. The van der Waals surface area contributed by atoms with Crippen molar-refractivity contribution in [3.05, 3.63) is 45.9 Å². The molecule has 0 amide bonds. The van der Waals surface area contributed by atoms with E-state index in [4.69, 9.17) is 4.74 Å². The van der Waals surface area contributed by atoms with Gasteiger partial charge < -0.3 is 10.1 Å². The first kappa shape index (κ1) is 14.5. The van der Waals surface area contributed by atoms with Gasteiger partial charge in [-0.05, 0) is 43.5 Å². The third kappa shape index (κ3) is 3.57. The first-order valence-corrected chi connectivity index (χ1v) is 7.51. The van der Waals surface area contributed by atoms with Crippen molar-refractivity contribution in [2.24, 2.45) is 0 Å². The second-order valence-electron chi connectivity index (χ2n) is 4.69. The van der Waals surface area contributed by atoms with Gasteiger partial charge in [-0.3, -0.25) is 0 Å². The molecule has 0 spiro atoms. The molecule has 1 atom stereocenters. The molecule has 1 aliphatic heterocycles. The van der Waals surface area contributed by atoms with Gasteiger partial charge in [0.25, 0.3) is 0 Å². The van der Waals surface area contributed by atoms with E-state index in [2.05, 4.69) is 28.2 Å². The molecule has 0 bridgehead atoms. The lowest BCUT2D eigenvalue weighted by Crippen LogP contribution is -2.26. The molecule has 0 aromatic heterocycles. The Hall–Kier alpha value is -0.870. The van der Waals surface area contributed by atoms with Crippen LogP contribution < -0.4 is 5.32 Å². The molecule has 0 saturated heterocycles. The Labute approximate surface area is 122 Å². The molecule has 0 fully saturated rings. The maximum absolute atomic E-state index is 14.1. The summed E-state index contributed by atoms with van der Waals surface area (Å²) in [6.07, 6.45) is 4.73. The maximum atomic E-state index is 14.1. The van der Waals surface area contributed by atoms with Gasteiger partial charge in [0.1, 0.15) is 5.82 Å². The van der Waals surface area contributed by atoms with Crippen molar-refractivity contribution in [1.82, 2.24) is 5.32 Å². The van der Waals surface area contributed by atoms with Crippen molar-refractivity contribution in [3.8, 4) is 0 Å². The average molecular weight is 328 g/mol. The molecule has 1 aromatic carbocycles. The number of hydrogen-bond donors (Lipinski definition) is 1. The summed E-state index contributed by atoms with van der Waals surface area (Å²) in [4.78, 5) is 0. The Bertz CT molecular complexity index is 441. The van der Waals surface area contributed by atoms with Crippen LogP contribution in [0.3, 0.4) is 0 Å². The molecule has 1 aromatic rings. The third-order valence-electron chi connectivity index (χ3n) is 3.22. The number of ether oxygens (including phenoxy) is 1. The molecule has 2 nitrogen and oxygen atoms in total. The van der Waals surface area contributed by atoms with Gasteiger partial charge >= 0.3 is 0 Å². The smallest absolute Gasteiger partial charge is 0.129 e. The van der Waals surface area contributed by atoms with E-state index >= 15 is 0 Å². The molecular formula is C15H19BrFNO. The summed E-state index contributed by atoms with van der Waals surface area (Å²) in [7, 11) is 0. The summed E-state index contributed by atoms with van der Waals surface area (Å²) in [5.41, 5.74) is 1.79. The SMILES string of the molecule is CCCNC(C1=COCCC1)c1c(F)cccc1Br. The van der Waals surface area contributed by atoms with Crippen molar-refractivity contribution in [3.63, 3.8) is 0 Å². The zero-order valence-corrected chi connectivity index (χ0v) is 12.7. The van der Waals surface area contributed by atoms with Crippen molar-refractivity contribution >= 4 is 15.9 Å². The highest BCUT2D eigenvalue weighted by molar-refractivity contribution is 9.10. The summed E-state index contributed by atoms with van der Waals surface area (Å²) in [6, 6.07) is 4.98. The molecule has 104 valence electrons. The number of hydrogen-bond acceptors (Lipinski definition) is 2. The molecule has 0 saturated carbocycles. The Morgan fingerprint density at radius 1 is 1.47 bits per heavy atom. The van der Waals surface area contributed by atoms with Crippen molar-refractivity contribution in [2.45, 2.75) is 32.2 Å². The van der Waals surface area contributed by atoms with Gasteiger partial charge in [-0.2, -0.15) is 0 Å². The molecule has 0 radical (unpaired) electrons. The van der Waals surface area contributed by atoms with E-state index in [9.17, 15) is 4.39 Å². The largest absolute Gasteiger partial charge is 0.501 e. The fourth-order valence-corrected chi connectivity index (χ4v) is 2.86. The van der Waals surface area contributed by atoms with Crippen molar-refractivity contribution in [2.75, 3.05) is 13.2 Å². The minimum absolute atomic E-state index is 0.115. The van der Waals surface area contributed by atoms with Crippen LogP contribution in [-0.4, -0.2) is 13.2 Å². The number of halogens is 2. The van der Waals surface area contributed by atoms with Crippen LogP contribution in [0.2, 0.25) is 0 Å². The first-order chi connectivity index (χ1) is 9.24. The van der Waals surface area contributed by atoms with Gasteiger partial charge in [0.2, 0.25) is 0 Å². The molecule has 1 aliphatic rings. The van der Waals surface area contributed by atoms with Gasteiger partial charge in [0.15, 0.2) is 0 Å². The van der Waals surface area contributed by atoms with Crippen LogP contribution in [0.5, 0.6) is 0 Å². The van der Waals surface area contributed by atoms with Gasteiger partial charge in [-0.15, -0.1) is 0 Å². The standard InChI is InChI=1S/C15H19BrFNO/c1-2-8-18-15(11-5-4-9-19-10-11)14-12(16)6-3-7-13(14)17/h3,6-7,10,15,18H,2,4-5,8-9H2,1H3. The summed E-state index contributed by atoms with van der Waals surface area (Å²) in [5, 5.41) is 3.42. The summed E-state index contributed by atoms with van der Waals surface area (Å²) >= 11 is 3.46. The van der Waals surface area contributed by atoms with E-state index in [1.54, 1.807) is 12.3 Å². The zero-order chi connectivity index (χ0) is 13.7. The van der Waals surface area contributed by atoms with Crippen LogP contribution in [0.15, 0.2) is 34.5 Å². The van der Waals surface area contributed by atoms with E-state index in [1.165, 1.54) is 6.07 Å². The lowest BCUT2D eigenvalue weighted by Gasteiger charge is -2.26. The second kappa shape index (κ2) is 7.06. The van der Waals surface area contributed by atoms with Crippen molar-refractivity contribution < 1.29 is 9.13 Å². The highest BCUT2D eigenvalue weighted by Gasteiger charge is 2.23. The van der Waals surface area contributed by atoms with E-state index in [-0.39, 0.29) is 11.9 Å². The van der Waals surface area contributed by atoms with Gasteiger partial charge in [-0.25, -0.2) is 4.39 Å². The summed E-state index contributed by atoms with van der Waals surface area (Å²) in [5.74, 6) is -0.186. The molecular weight excluding hydrogens is 309 g/mol. The van der Waals surface area contributed by atoms with Crippen LogP contribution in [0.1, 0.15) is 37.8 Å². The van der Waals surface area contributed by atoms with Gasteiger partial charge in [0, 0.05) is 10.0 Å². The second-order valence-corrected chi connectivity index (χ2v) is 5.54. The number of rotatable bonds is 5. The molecule has 1 N–H and O–H groups in total. The van der Waals surface area contributed by atoms with Crippen molar-refractivity contribution in [1.29, 1.82) is 0 Å². The average Bonchev–Trinajstić information content (AvgIpc) is 2.43. The molecule has 1 heterocycles. The van der Waals surface area contributed by atoms with Crippen LogP contribution in [0.25, 0.3) is 0 Å². The topological polar surface area (TPSA) is 21.3 Å². The molecule has 1 unspecified atom stereocenters. The Morgan fingerprint density at radius 3 is 2.95 bits per heavy atom. The number of benzene rings is 1. The summed E-state index contributed by atoms with van der Waals surface area (Å²) in [6.45, 7) is 3.71. The van der Waals surface area contributed by atoms with Crippen LogP contribution in [0, 0.1) is 5.82 Å². The Kier molecular flexibility index (Phi) is 5.40. The maximum Gasteiger partial charge on any atom is 0.129 e. The lowest BCUT2D eigenvalue weighted by atomic mass is 9.94. The zero-order valence-electron chi connectivity index (χ0n) is 11.1. The molecule has 4 heteroatoms. The van der Waals surface area contributed by atoms with Gasteiger partial charge in [0.05, 0.1) is 18.9 Å². The van der Waals surface area contributed by atoms with E-state index in [0.717, 1.165) is 42.5 Å². The Balaban J connectivity index is 2.33. The predicted octanol–water partition coefficient (Wildman–Crippen LogP) is 4.32. The van der Waals surface area contributed by atoms with Crippen LogP contribution in [0.4, 0.5) is 4.39 Å². The number of nitrogens with one attached hydrogen (secondary N) is 1.